The number of nitrogens with zero attached hydrogens (tertiary/aromatic N) is 4. The van der Waals surface area contributed by atoms with Gasteiger partial charge < -0.3 is 10.2 Å². The van der Waals surface area contributed by atoms with Crippen LogP contribution in [0.4, 0.5) is 0 Å². The van der Waals surface area contributed by atoms with E-state index in [1.54, 1.807) is 12.4 Å². The van der Waals surface area contributed by atoms with Gasteiger partial charge in [0.1, 0.15) is 0 Å². The lowest BCUT2D eigenvalue weighted by Gasteiger charge is -2.31. The van der Waals surface area contributed by atoms with E-state index in [0.717, 1.165) is 38.0 Å². The van der Waals surface area contributed by atoms with Crippen LogP contribution in [0, 0.1) is 0 Å². The van der Waals surface area contributed by atoms with Gasteiger partial charge in [-0.3, -0.25) is 14.5 Å². The Labute approximate surface area is 167 Å². The maximum Gasteiger partial charge on any atom is 0.225 e. The highest BCUT2D eigenvalue weighted by molar-refractivity contribution is 5.85. The molecular weight excluding hydrogens is 373 g/mol. The first kappa shape index (κ1) is 22.4. The average Bonchev–Trinajstić information content (AvgIpc) is 3.00. The van der Waals surface area contributed by atoms with Gasteiger partial charge in [0.05, 0.1) is 12.2 Å². The molecule has 3 heterocycles. The third-order valence-corrected chi connectivity index (χ3v) is 4.48. The summed E-state index contributed by atoms with van der Waals surface area (Å²) in [6.45, 7) is 3.21. The molecule has 0 saturated carbocycles. The predicted octanol–water partition coefficient (Wildman–Crippen LogP) is 2.68. The number of pyridine rings is 1. The van der Waals surface area contributed by atoms with Crippen LogP contribution in [0.5, 0.6) is 0 Å². The molecule has 1 unspecified atom stereocenters. The minimum Gasteiger partial charge on any atom is -0.334 e. The summed E-state index contributed by atoms with van der Waals surface area (Å²) in [7, 11) is 0. The van der Waals surface area contributed by atoms with Crippen molar-refractivity contribution in [2.24, 2.45) is 0 Å². The normalized spacial score (nSPS) is 16.7. The van der Waals surface area contributed by atoms with E-state index in [1.165, 1.54) is 0 Å². The first-order valence-electron chi connectivity index (χ1n) is 8.70. The number of rotatable bonds is 6. The third kappa shape index (κ3) is 6.59. The molecule has 1 amide bonds. The van der Waals surface area contributed by atoms with Crippen LogP contribution in [-0.4, -0.2) is 44.7 Å². The highest BCUT2D eigenvalue weighted by atomic mass is 35.5. The second kappa shape index (κ2) is 11.9. The molecule has 0 radical (unpaired) electrons. The van der Waals surface area contributed by atoms with Gasteiger partial charge in [0.15, 0.2) is 0 Å². The van der Waals surface area contributed by atoms with Gasteiger partial charge in [0, 0.05) is 37.6 Å². The largest absolute Gasteiger partial charge is 0.334 e. The van der Waals surface area contributed by atoms with Gasteiger partial charge in [-0.1, -0.05) is 6.07 Å². The zero-order chi connectivity index (χ0) is 16.6. The van der Waals surface area contributed by atoms with Crippen LogP contribution in [0.3, 0.4) is 0 Å². The number of halogens is 2. The van der Waals surface area contributed by atoms with Gasteiger partial charge in [0.25, 0.3) is 0 Å². The summed E-state index contributed by atoms with van der Waals surface area (Å²) in [4.78, 5) is 19.3. The maximum atomic E-state index is 12.9. The van der Waals surface area contributed by atoms with Crippen molar-refractivity contribution in [2.45, 2.75) is 44.8 Å². The lowest BCUT2D eigenvalue weighted by atomic mass is 10.1. The molecule has 0 bridgehead atoms. The van der Waals surface area contributed by atoms with Crippen LogP contribution >= 0.6 is 24.8 Å². The van der Waals surface area contributed by atoms with Crippen molar-refractivity contribution >= 4 is 30.7 Å². The van der Waals surface area contributed by atoms with Crippen molar-refractivity contribution in [3.05, 3.63) is 48.5 Å². The molecule has 1 atom stereocenters. The van der Waals surface area contributed by atoms with Crippen molar-refractivity contribution in [3.63, 3.8) is 0 Å². The smallest absolute Gasteiger partial charge is 0.225 e. The average molecular weight is 400 g/mol. The van der Waals surface area contributed by atoms with Gasteiger partial charge in [-0.15, -0.1) is 24.8 Å². The summed E-state index contributed by atoms with van der Waals surface area (Å²) in [6.07, 6.45) is 9.05. The molecule has 1 fully saturated rings. The summed E-state index contributed by atoms with van der Waals surface area (Å²) in [5, 5.41) is 7.60. The predicted molar refractivity (Wildman–Crippen MR) is 107 cm³/mol. The fraction of sp³-hybridized carbons (Fsp3) is 0.500. The molecule has 8 heteroatoms. The number of aryl methyl sites for hydroxylation is 1. The SMILES string of the molecule is Cl.Cl.O=C(CCn1cccn1)N(Cc1ccccn1)C1CCCNCC1. The Morgan fingerprint density at radius 3 is 2.81 bits per heavy atom. The van der Waals surface area contributed by atoms with E-state index in [9.17, 15) is 4.79 Å². The minimum absolute atomic E-state index is 0. The van der Waals surface area contributed by atoms with Crippen LogP contribution in [0.2, 0.25) is 0 Å². The number of carbonyl (C=O) groups excluding carboxylic acids is 1. The van der Waals surface area contributed by atoms with Crippen LogP contribution in [0.1, 0.15) is 31.4 Å². The van der Waals surface area contributed by atoms with E-state index in [-0.39, 0.29) is 36.8 Å². The molecule has 1 N–H and O–H groups in total. The fourth-order valence-electron chi connectivity index (χ4n) is 3.19. The molecule has 1 saturated heterocycles. The van der Waals surface area contributed by atoms with Crippen molar-refractivity contribution in [3.8, 4) is 0 Å². The summed E-state index contributed by atoms with van der Waals surface area (Å²) < 4.78 is 1.81. The molecule has 1 aliphatic rings. The third-order valence-electron chi connectivity index (χ3n) is 4.48. The first-order chi connectivity index (χ1) is 11.8. The molecule has 0 aliphatic carbocycles. The van der Waals surface area contributed by atoms with Crippen molar-refractivity contribution < 1.29 is 4.79 Å². The molecular formula is C18H27Cl2N5O. The lowest BCUT2D eigenvalue weighted by molar-refractivity contribution is -0.134. The Morgan fingerprint density at radius 2 is 2.08 bits per heavy atom. The zero-order valence-corrected chi connectivity index (χ0v) is 16.4. The zero-order valence-electron chi connectivity index (χ0n) is 14.8. The fourth-order valence-corrected chi connectivity index (χ4v) is 3.19. The summed E-state index contributed by atoms with van der Waals surface area (Å²) in [5.41, 5.74) is 0.946. The van der Waals surface area contributed by atoms with Crippen molar-refractivity contribution in [1.29, 1.82) is 0 Å². The number of hydrogen-bond acceptors (Lipinski definition) is 4. The first-order valence-corrected chi connectivity index (χ1v) is 8.70. The molecule has 0 aromatic carbocycles. The van der Waals surface area contributed by atoms with Crippen LogP contribution < -0.4 is 5.32 Å². The van der Waals surface area contributed by atoms with Gasteiger partial charge in [0.2, 0.25) is 5.91 Å². The highest BCUT2D eigenvalue weighted by Crippen LogP contribution is 2.17. The Hall–Kier alpha value is -1.63. The van der Waals surface area contributed by atoms with Gasteiger partial charge in [-0.2, -0.15) is 5.10 Å². The molecule has 6 nitrogen and oxygen atoms in total. The molecule has 26 heavy (non-hydrogen) atoms. The Morgan fingerprint density at radius 1 is 1.19 bits per heavy atom. The lowest BCUT2D eigenvalue weighted by Crippen LogP contribution is -2.40. The molecule has 1 aliphatic heterocycles. The molecule has 144 valence electrons. The minimum atomic E-state index is 0. The summed E-state index contributed by atoms with van der Waals surface area (Å²) in [5.74, 6) is 0.183. The second-order valence-corrected chi connectivity index (χ2v) is 6.20. The Balaban J connectivity index is 0.00000169. The van der Waals surface area contributed by atoms with Crippen LogP contribution in [-0.2, 0) is 17.9 Å². The van der Waals surface area contributed by atoms with E-state index < -0.39 is 0 Å². The highest BCUT2D eigenvalue weighted by Gasteiger charge is 2.24. The Bertz CT molecular complexity index is 616. The van der Waals surface area contributed by atoms with E-state index in [0.29, 0.717) is 19.5 Å². The van der Waals surface area contributed by atoms with Crippen LogP contribution in [0.25, 0.3) is 0 Å². The standard InChI is InChI=1S/C18H25N5O.2ClH/c24-18(8-14-22-13-4-11-21-22)23(15-16-5-1-2-10-20-16)17-6-3-9-19-12-7-17;;/h1-2,4-5,10-11,13,17,19H,3,6-9,12,14-15H2;2*1H. The van der Waals surface area contributed by atoms with Crippen molar-refractivity contribution in [2.75, 3.05) is 13.1 Å². The van der Waals surface area contributed by atoms with Crippen LogP contribution in [0.15, 0.2) is 42.9 Å². The van der Waals surface area contributed by atoms with Gasteiger partial charge in [-0.05, 0) is 50.6 Å². The summed E-state index contributed by atoms with van der Waals surface area (Å²) in [6, 6.07) is 8.04. The number of carbonyl (C=O) groups is 1. The van der Waals surface area contributed by atoms with Gasteiger partial charge >= 0.3 is 0 Å². The monoisotopic (exact) mass is 399 g/mol. The summed E-state index contributed by atoms with van der Waals surface area (Å²) >= 11 is 0. The topological polar surface area (TPSA) is 63.1 Å². The van der Waals surface area contributed by atoms with E-state index in [2.05, 4.69) is 15.4 Å². The number of amides is 1. The number of nitrogens with one attached hydrogen (secondary N) is 1. The molecule has 2 aromatic rings. The van der Waals surface area contributed by atoms with E-state index in [4.69, 9.17) is 0 Å². The maximum absolute atomic E-state index is 12.9. The number of hydrogen-bond donors (Lipinski definition) is 1. The van der Waals surface area contributed by atoms with Crippen molar-refractivity contribution in [1.82, 2.24) is 25.0 Å². The van der Waals surface area contributed by atoms with E-state index in [1.807, 2.05) is 40.0 Å². The molecule has 3 rings (SSSR count). The van der Waals surface area contributed by atoms with Gasteiger partial charge in [-0.25, -0.2) is 0 Å². The molecule has 2 aromatic heterocycles. The van der Waals surface area contributed by atoms with E-state index >= 15 is 0 Å². The molecule has 0 spiro atoms. The Kier molecular flexibility index (Phi) is 10.2. The quantitative estimate of drug-likeness (QED) is 0.810. The number of aromatic nitrogens is 3. The second-order valence-electron chi connectivity index (χ2n) is 6.20.